The molecule has 7 aromatic rings. The van der Waals surface area contributed by atoms with E-state index in [2.05, 4.69) is 9.44 Å². The molecule has 9 rings (SSSR count). The monoisotopic (exact) mass is 1140 g/mol. The maximum Gasteiger partial charge on any atom is 0.250 e. The number of rotatable bonds is 16. The molecule has 2 aromatic heterocycles. The number of nitrogens with zero attached hydrogens (tertiary/aromatic N) is 4. The number of hydrogen-bond acceptors (Lipinski definition) is 10. The van der Waals surface area contributed by atoms with Crippen molar-refractivity contribution in [2.75, 3.05) is 46.8 Å². The van der Waals surface area contributed by atoms with Gasteiger partial charge in [0.1, 0.15) is 20.5 Å². The zero-order chi connectivity index (χ0) is 51.9. The minimum atomic E-state index is -4.22. The zero-order valence-corrected chi connectivity index (χ0v) is 45.7. The molecule has 2 aliphatic rings. The van der Waals surface area contributed by atoms with Crippen LogP contribution in [0.3, 0.4) is 0 Å². The van der Waals surface area contributed by atoms with Crippen LogP contribution in [0.4, 0.5) is 0 Å². The number of nitrogens with one attached hydrogen (secondary N) is 2. The van der Waals surface area contributed by atoms with Gasteiger partial charge in [-0.2, -0.15) is 9.44 Å². The second kappa shape index (κ2) is 21.8. The highest BCUT2D eigenvalue weighted by Crippen LogP contribution is 2.42. The van der Waals surface area contributed by atoms with Gasteiger partial charge in [-0.1, -0.05) is 94.9 Å². The molecule has 2 aliphatic heterocycles. The lowest BCUT2D eigenvalue weighted by Gasteiger charge is -2.33. The maximum atomic E-state index is 14.1. The smallest absolute Gasteiger partial charge is 0.250 e. The maximum absolute atomic E-state index is 14.1. The van der Waals surface area contributed by atoms with Gasteiger partial charge in [0.05, 0.1) is 23.1 Å². The number of hydrogen-bond donors (Lipinski definition) is 2. The predicted octanol–water partition coefficient (Wildman–Crippen LogP) is 9.45. The van der Waals surface area contributed by atoms with Gasteiger partial charge < -0.3 is 19.6 Å². The molecule has 4 heterocycles. The van der Waals surface area contributed by atoms with E-state index in [0.29, 0.717) is 91.3 Å². The molecule has 2 fully saturated rings. The number of carbonyl (C=O) groups is 4. The van der Waals surface area contributed by atoms with E-state index < -0.39 is 43.9 Å². The van der Waals surface area contributed by atoms with Gasteiger partial charge in [0.2, 0.25) is 23.6 Å². The molecular formula is C51H48Cl4N6O8S4. The van der Waals surface area contributed by atoms with Crippen LogP contribution in [-0.2, 0) is 52.2 Å². The van der Waals surface area contributed by atoms with Gasteiger partial charge in [-0.25, -0.2) is 16.8 Å². The first-order valence-electron chi connectivity index (χ1n) is 23.2. The topological polar surface area (TPSA) is 174 Å². The number of thiophene rings is 2. The van der Waals surface area contributed by atoms with Gasteiger partial charge in [-0.05, 0) is 119 Å². The third-order valence-electron chi connectivity index (χ3n) is 13.2. The summed E-state index contributed by atoms with van der Waals surface area (Å²) in [5, 5.41) is 4.78. The highest BCUT2D eigenvalue weighted by Gasteiger charge is 2.36. The molecular weight excluding hydrogens is 1090 g/mol. The van der Waals surface area contributed by atoms with E-state index >= 15 is 0 Å². The molecule has 0 bridgehead atoms. The Balaban J connectivity index is 0.861. The van der Waals surface area contributed by atoms with E-state index in [1.165, 1.54) is 19.6 Å². The van der Waals surface area contributed by atoms with Crippen LogP contribution in [0.1, 0.15) is 36.8 Å². The van der Waals surface area contributed by atoms with Gasteiger partial charge in [-0.15, -0.1) is 22.7 Å². The highest BCUT2D eigenvalue weighted by atomic mass is 35.5. The lowest BCUT2D eigenvalue weighted by molar-refractivity contribution is -0.142. The van der Waals surface area contributed by atoms with Crippen molar-refractivity contribution in [2.45, 2.75) is 59.2 Å². The van der Waals surface area contributed by atoms with Crippen LogP contribution in [0.25, 0.3) is 42.1 Å². The van der Waals surface area contributed by atoms with E-state index in [1.54, 1.807) is 68.7 Å². The van der Waals surface area contributed by atoms with Crippen molar-refractivity contribution in [3.05, 3.63) is 128 Å². The third kappa shape index (κ3) is 11.7. The van der Waals surface area contributed by atoms with Crippen molar-refractivity contribution in [2.24, 2.45) is 0 Å². The first-order chi connectivity index (χ1) is 34.7. The van der Waals surface area contributed by atoms with Crippen molar-refractivity contribution in [1.29, 1.82) is 0 Å². The molecule has 2 saturated heterocycles. The molecule has 0 saturated carbocycles. The summed E-state index contributed by atoms with van der Waals surface area (Å²) in [6.07, 6.45) is 2.08. The van der Waals surface area contributed by atoms with Crippen molar-refractivity contribution >= 4 is 144 Å². The van der Waals surface area contributed by atoms with E-state index in [4.69, 9.17) is 46.4 Å². The number of piperidine rings is 2. The molecule has 2 N–H and O–H groups in total. The third-order valence-corrected chi connectivity index (χ3v) is 20.6. The Bertz CT molecular complexity index is 3570. The molecule has 4 amide bonds. The first kappa shape index (κ1) is 53.0. The largest absolute Gasteiger partial charge is 0.344 e. The summed E-state index contributed by atoms with van der Waals surface area (Å²) >= 11 is 27.3. The Labute approximate surface area is 450 Å². The second-order valence-corrected chi connectivity index (χ2v) is 25.9. The molecule has 14 nitrogen and oxygen atoms in total. The molecule has 2 atom stereocenters. The van der Waals surface area contributed by atoms with Gasteiger partial charge in [0, 0.05) is 65.3 Å². The van der Waals surface area contributed by atoms with Crippen LogP contribution in [0.15, 0.2) is 105 Å². The Morgan fingerprint density at radius 1 is 0.658 bits per heavy atom. The molecule has 22 heteroatoms. The quantitative estimate of drug-likeness (QED) is 0.0963. The van der Waals surface area contributed by atoms with Crippen LogP contribution >= 0.6 is 69.1 Å². The van der Waals surface area contributed by atoms with Crippen molar-refractivity contribution in [3.8, 4) is 11.1 Å². The number of fused-ring (bicyclic) bond motifs is 3. The van der Waals surface area contributed by atoms with Crippen LogP contribution in [0, 0.1) is 0 Å². The number of likely N-dealkylation sites (N-methyl/N-ethyl adjacent to an activating group) is 2. The number of benzene rings is 5. The minimum absolute atomic E-state index is 0.00600. The molecule has 0 aliphatic carbocycles. The van der Waals surface area contributed by atoms with Crippen molar-refractivity contribution in [3.63, 3.8) is 0 Å². The Kier molecular flexibility index (Phi) is 15.8. The van der Waals surface area contributed by atoms with Gasteiger partial charge in [-0.3, -0.25) is 19.2 Å². The SMILES string of the molecule is CN(CCc1ccc(Cl)c(Cl)c1)C(=O)CN1CCC[C@H](NS(=O)(=O)c2cc3ccc(Cl)c(-c4ccc5cccc(CN(C)C(=O)CN6CCC[C@H](NS(=O)(=O)c7cc8ccc(Cl)cc8s7)C6=O)c5c4)c3s2)C1=O. The van der Waals surface area contributed by atoms with E-state index in [-0.39, 0.29) is 46.3 Å². The lowest BCUT2D eigenvalue weighted by atomic mass is 9.97. The highest BCUT2D eigenvalue weighted by molar-refractivity contribution is 7.92. The lowest BCUT2D eigenvalue weighted by Crippen LogP contribution is -2.54. The van der Waals surface area contributed by atoms with Crippen LogP contribution in [-0.4, -0.2) is 119 Å². The number of sulfonamides is 2. The first-order valence-corrected chi connectivity index (χ1v) is 29.3. The molecule has 0 unspecified atom stereocenters. The van der Waals surface area contributed by atoms with Crippen LogP contribution < -0.4 is 9.44 Å². The summed E-state index contributed by atoms with van der Waals surface area (Å²) in [5.74, 6) is -1.57. The average Bonchev–Trinajstić information content (AvgIpc) is 4.00. The van der Waals surface area contributed by atoms with Gasteiger partial charge in [0.25, 0.3) is 20.0 Å². The minimum Gasteiger partial charge on any atom is -0.344 e. The fraction of sp³-hybridized carbons (Fsp3) is 0.294. The van der Waals surface area contributed by atoms with Crippen LogP contribution in [0.5, 0.6) is 0 Å². The molecule has 73 heavy (non-hydrogen) atoms. The Morgan fingerprint density at radius 3 is 1.93 bits per heavy atom. The second-order valence-electron chi connectivity index (χ2n) is 18.2. The summed E-state index contributed by atoms with van der Waals surface area (Å²) < 4.78 is 61.5. The summed E-state index contributed by atoms with van der Waals surface area (Å²) in [7, 11) is -4.97. The van der Waals surface area contributed by atoms with E-state index in [9.17, 15) is 36.0 Å². The number of amides is 4. The summed E-state index contributed by atoms with van der Waals surface area (Å²) in [6.45, 7) is 0.733. The van der Waals surface area contributed by atoms with E-state index in [0.717, 1.165) is 50.0 Å². The van der Waals surface area contributed by atoms with Crippen molar-refractivity contribution in [1.82, 2.24) is 29.0 Å². The summed E-state index contributed by atoms with van der Waals surface area (Å²) in [5.41, 5.74) is 3.03. The average molecular weight is 1140 g/mol. The number of carbonyl (C=O) groups excluding carboxylic acids is 4. The fourth-order valence-corrected chi connectivity index (χ4v) is 15.5. The van der Waals surface area contributed by atoms with Gasteiger partial charge >= 0.3 is 0 Å². The Morgan fingerprint density at radius 2 is 1.26 bits per heavy atom. The predicted molar refractivity (Wildman–Crippen MR) is 291 cm³/mol. The molecule has 382 valence electrons. The molecule has 5 aromatic carbocycles. The number of halogens is 4. The summed E-state index contributed by atoms with van der Waals surface area (Å²) in [4.78, 5) is 60.2. The summed E-state index contributed by atoms with van der Waals surface area (Å²) in [6, 6.07) is 26.4. The van der Waals surface area contributed by atoms with E-state index in [1.807, 2.05) is 42.5 Å². The number of likely N-dealkylation sites (tertiary alicyclic amines) is 2. The standard InChI is InChI=1S/C51H48Cl4N6O8S4/c1-58(21-18-30-10-16-38(53)40(55)22-30)44(62)28-60-19-4-9-42(50(60)64)57-73(68,69)47-25-34-14-17-39(54)48(49(34)71-47)33-12-11-31-6-3-7-35(37(31)23-33)27-59(2)45(63)29-61-20-5-8-41(51(61)65)56-72(66,67)46-24-32-13-15-36(52)26-43(32)70-46/h3,6-7,10-17,22-26,41-42,56-57H,4-5,8-9,18-21,27-29H2,1-2H3/t41-,42-/m0/s1. The fourth-order valence-electron chi connectivity index (χ4n) is 9.13. The van der Waals surface area contributed by atoms with Crippen molar-refractivity contribution < 1.29 is 36.0 Å². The van der Waals surface area contributed by atoms with Gasteiger partial charge in [0.15, 0.2) is 0 Å². The van der Waals surface area contributed by atoms with Crippen LogP contribution in [0.2, 0.25) is 20.1 Å². The molecule has 0 spiro atoms. The Hall–Kier alpha value is -4.86. The zero-order valence-electron chi connectivity index (χ0n) is 39.4. The normalized spacial score (nSPS) is 16.7. The molecule has 0 radical (unpaired) electrons.